The maximum absolute atomic E-state index is 14.0. The van der Waals surface area contributed by atoms with Crippen molar-refractivity contribution in [2.24, 2.45) is 0 Å². The number of halogens is 2. The van der Waals surface area contributed by atoms with E-state index in [0.717, 1.165) is 22.2 Å². The largest absolute Gasteiger partial charge is 0.490 e. The summed E-state index contributed by atoms with van der Waals surface area (Å²) in [6.07, 6.45) is 1.62. The Morgan fingerprint density at radius 3 is 2.50 bits per heavy atom. The molecule has 4 rings (SSSR count). The van der Waals surface area contributed by atoms with Crippen LogP contribution in [0.2, 0.25) is 5.02 Å². The number of hydrogen-bond donors (Lipinski definition) is 0. The number of hydrogen-bond acceptors (Lipinski definition) is 5. The first-order valence-corrected chi connectivity index (χ1v) is 11.8. The number of rotatable bonds is 8. The summed E-state index contributed by atoms with van der Waals surface area (Å²) < 4.78 is 25.6. The van der Waals surface area contributed by atoms with Crippen molar-refractivity contribution in [2.45, 2.75) is 20.1 Å². The molecule has 5 nitrogen and oxygen atoms in total. The highest BCUT2D eigenvalue weighted by molar-refractivity contribution is 8.18. The van der Waals surface area contributed by atoms with Crippen LogP contribution in [0.3, 0.4) is 0 Å². The van der Waals surface area contributed by atoms with Crippen LogP contribution in [0, 0.1) is 5.82 Å². The van der Waals surface area contributed by atoms with Crippen LogP contribution in [0.4, 0.5) is 9.18 Å². The van der Waals surface area contributed by atoms with Crippen LogP contribution in [0.1, 0.15) is 23.6 Å². The Kier molecular flexibility index (Phi) is 7.55. The molecular weight excluding hydrogens is 477 g/mol. The molecule has 1 heterocycles. The SMILES string of the molecule is CCOc1cc(/C=C2\SC(=O)N(Cc3ccccc3F)C2=O)ccc1OCc1ccc(Cl)cc1. The molecule has 0 radical (unpaired) electrons. The number of benzene rings is 3. The zero-order valence-electron chi connectivity index (χ0n) is 18.3. The van der Waals surface area contributed by atoms with Gasteiger partial charge in [0.2, 0.25) is 0 Å². The van der Waals surface area contributed by atoms with Crippen LogP contribution in [0.5, 0.6) is 11.5 Å². The number of imide groups is 1. The van der Waals surface area contributed by atoms with Gasteiger partial charge in [-0.1, -0.05) is 48.0 Å². The molecule has 1 aliphatic rings. The number of thioether (sulfide) groups is 1. The van der Waals surface area contributed by atoms with E-state index >= 15 is 0 Å². The smallest absolute Gasteiger partial charge is 0.293 e. The topological polar surface area (TPSA) is 55.8 Å². The summed E-state index contributed by atoms with van der Waals surface area (Å²) in [6.45, 7) is 2.52. The minimum Gasteiger partial charge on any atom is -0.490 e. The Balaban J connectivity index is 1.51. The first kappa shape index (κ1) is 23.9. The molecule has 8 heteroatoms. The number of nitrogens with zero attached hydrogens (tertiary/aromatic N) is 1. The predicted octanol–water partition coefficient (Wildman–Crippen LogP) is 6.69. The van der Waals surface area contributed by atoms with E-state index < -0.39 is 17.0 Å². The maximum atomic E-state index is 14.0. The maximum Gasteiger partial charge on any atom is 0.293 e. The molecule has 0 saturated carbocycles. The summed E-state index contributed by atoms with van der Waals surface area (Å²) in [7, 11) is 0. The highest BCUT2D eigenvalue weighted by Gasteiger charge is 2.35. The van der Waals surface area contributed by atoms with Crippen molar-refractivity contribution in [3.63, 3.8) is 0 Å². The van der Waals surface area contributed by atoms with Crippen molar-refractivity contribution >= 4 is 40.6 Å². The molecule has 0 bridgehead atoms. The fraction of sp³-hybridized carbons (Fsp3) is 0.154. The summed E-state index contributed by atoms with van der Waals surface area (Å²) in [6, 6.07) is 18.7. The van der Waals surface area contributed by atoms with Gasteiger partial charge in [-0.2, -0.15) is 0 Å². The van der Waals surface area contributed by atoms with Crippen LogP contribution >= 0.6 is 23.4 Å². The van der Waals surface area contributed by atoms with Crippen molar-refractivity contribution in [1.82, 2.24) is 4.90 Å². The van der Waals surface area contributed by atoms with Gasteiger partial charge in [-0.3, -0.25) is 14.5 Å². The van der Waals surface area contributed by atoms with E-state index in [1.54, 1.807) is 54.6 Å². The standard InChI is InChI=1S/C26H21ClFNO4S/c1-2-32-23-13-18(9-12-22(23)33-16-17-7-10-20(27)11-8-17)14-24-25(30)29(26(31)34-24)15-19-5-3-4-6-21(19)28/h3-14H,2,15-16H2,1H3/b24-14-. The van der Waals surface area contributed by atoms with E-state index in [1.807, 2.05) is 19.1 Å². The number of carbonyl (C=O) groups excluding carboxylic acids is 2. The van der Waals surface area contributed by atoms with Gasteiger partial charge in [-0.25, -0.2) is 4.39 Å². The molecule has 1 aliphatic heterocycles. The van der Waals surface area contributed by atoms with Gasteiger partial charge >= 0.3 is 0 Å². The Morgan fingerprint density at radius 1 is 1.00 bits per heavy atom. The second-order valence-electron chi connectivity index (χ2n) is 7.41. The molecular formula is C26H21ClFNO4S. The Hall–Kier alpha value is -3.29. The van der Waals surface area contributed by atoms with E-state index in [9.17, 15) is 14.0 Å². The molecule has 2 amide bonds. The minimum absolute atomic E-state index is 0.115. The van der Waals surface area contributed by atoms with Crippen molar-refractivity contribution < 1.29 is 23.5 Å². The monoisotopic (exact) mass is 497 g/mol. The quantitative estimate of drug-likeness (QED) is 0.324. The van der Waals surface area contributed by atoms with Gasteiger partial charge in [-0.05, 0) is 66.2 Å². The molecule has 34 heavy (non-hydrogen) atoms. The molecule has 0 N–H and O–H groups in total. The van der Waals surface area contributed by atoms with E-state index in [2.05, 4.69) is 0 Å². The van der Waals surface area contributed by atoms with Crippen molar-refractivity contribution in [1.29, 1.82) is 0 Å². The lowest BCUT2D eigenvalue weighted by Crippen LogP contribution is -2.27. The molecule has 0 aliphatic carbocycles. The lowest BCUT2D eigenvalue weighted by Gasteiger charge is -2.13. The third kappa shape index (κ3) is 5.61. The predicted molar refractivity (Wildman–Crippen MR) is 131 cm³/mol. The Bertz CT molecular complexity index is 1250. The fourth-order valence-corrected chi connectivity index (χ4v) is 4.29. The normalized spacial score (nSPS) is 14.7. The van der Waals surface area contributed by atoms with E-state index in [4.69, 9.17) is 21.1 Å². The molecule has 3 aromatic carbocycles. The summed E-state index contributed by atoms with van der Waals surface area (Å²) in [4.78, 5) is 26.5. The zero-order valence-corrected chi connectivity index (χ0v) is 19.9. The highest BCUT2D eigenvalue weighted by atomic mass is 35.5. The lowest BCUT2D eigenvalue weighted by atomic mass is 10.1. The van der Waals surface area contributed by atoms with Gasteiger partial charge in [0, 0.05) is 10.6 Å². The van der Waals surface area contributed by atoms with Gasteiger partial charge in [0.25, 0.3) is 11.1 Å². The van der Waals surface area contributed by atoms with Crippen LogP contribution in [-0.4, -0.2) is 22.7 Å². The lowest BCUT2D eigenvalue weighted by molar-refractivity contribution is -0.123. The number of carbonyl (C=O) groups is 2. The first-order valence-electron chi connectivity index (χ1n) is 10.6. The van der Waals surface area contributed by atoms with Crippen molar-refractivity contribution in [3.8, 4) is 11.5 Å². The van der Waals surface area contributed by atoms with Crippen LogP contribution in [0.25, 0.3) is 6.08 Å². The molecule has 3 aromatic rings. The molecule has 0 unspecified atom stereocenters. The van der Waals surface area contributed by atoms with Gasteiger partial charge in [0.1, 0.15) is 12.4 Å². The van der Waals surface area contributed by atoms with Gasteiger partial charge in [-0.15, -0.1) is 0 Å². The highest BCUT2D eigenvalue weighted by Crippen LogP contribution is 2.35. The Labute approximate surface area is 206 Å². The molecule has 0 aromatic heterocycles. The van der Waals surface area contributed by atoms with Crippen LogP contribution in [-0.2, 0) is 17.9 Å². The molecule has 1 fully saturated rings. The fourth-order valence-electron chi connectivity index (χ4n) is 3.33. The van der Waals surface area contributed by atoms with E-state index in [1.165, 1.54) is 6.07 Å². The van der Waals surface area contributed by atoms with Crippen LogP contribution < -0.4 is 9.47 Å². The number of amides is 2. The molecule has 0 spiro atoms. The zero-order chi connectivity index (χ0) is 24.1. The van der Waals surface area contributed by atoms with Crippen molar-refractivity contribution in [2.75, 3.05) is 6.61 Å². The van der Waals surface area contributed by atoms with Crippen molar-refractivity contribution in [3.05, 3.63) is 99.2 Å². The number of ether oxygens (including phenoxy) is 2. The van der Waals surface area contributed by atoms with Gasteiger partial charge in [0.05, 0.1) is 18.1 Å². The van der Waals surface area contributed by atoms with Gasteiger partial charge < -0.3 is 9.47 Å². The van der Waals surface area contributed by atoms with E-state index in [-0.39, 0.29) is 17.0 Å². The average molecular weight is 498 g/mol. The second kappa shape index (κ2) is 10.8. The summed E-state index contributed by atoms with van der Waals surface area (Å²) in [5, 5.41) is 0.217. The summed E-state index contributed by atoms with van der Waals surface area (Å²) >= 11 is 6.75. The summed E-state index contributed by atoms with van der Waals surface area (Å²) in [5.41, 5.74) is 1.92. The van der Waals surface area contributed by atoms with Gasteiger partial charge in [0.15, 0.2) is 11.5 Å². The van der Waals surface area contributed by atoms with Crippen LogP contribution in [0.15, 0.2) is 71.6 Å². The minimum atomic E-state index is -0.459. The van der Waals surface area contributed by atoms with E-state index in [0.29, 0.717) is 35.3 Å². The second-order valence-corrected chi connectivity index (χ2v) is 8.84. The third-order valence-electron chi connectivity index (χ3n) is 5.03. The Morgan fingerprint density at radius 2 is 1.76 bits per heavy atom. The third-order valence-corrected chi connectivity index (χ3v) is 6.19. The summed E-state index contributed by atoms with van der Waals surface area (Å²) in [5.74, 6) is 0.165. The molecule has 0 atom stereocenters. The average Bonchev–Trinajstić information content (AvgIpc) is 3.08. The molecule has 1 saturated heterocycles. The molecule has 174 valence electrons. The first-order chi connectivity index (χ1) is 16.4.